The lowest BCUT2D eigenvalue weighted by molar-refractivity contribution is 0.228. The lowest BCUT2D eigenvalue weighted by Gasteiger charge is -2.32. The van der Waals surface area contributed by atoms with Gasteiger partial charge in [0.05, 0.1) is 17.1 Å². The molecule has 0 amide bonds. The van der Waals surface area contributed by atoms with Crippen LogP contribution in [0.2, 0.25) is 0 Å². The molecule has 0 spiro atoms. The molecule has 0 radical (unpaired) electrons. The summed E-state index contributed by atoms with van der Waals surface area (Å²) in [5.41, 5.74) is 4.91. The zero-order valence-electron chi connectivity index (χ0n) is 18.5. The largest absolute Gasteiger partial charge is 0.340 e. The number of hydrogen-bond acceptors (Lipinski definition) is 3. The molecular weight excluding hydrogens is 368 g/mol. The molecule has 2 N–H and O–H groups in total. The fraction of sp³-hybridized carbons (Fsp3) is 0.500. The van der Waals surface area contributed by atoms with Crippen LogP contribution in [0, 0.1) is 0 Å². The number of H-pyrrole nitrogens is 1. The standard InChI is InChI=1S/C26H36N4/c1-3-4-5-6-10-20-11-9-12-21(19-20)25(27-22-15-17-30(2)18-16-22)26-28-23-13-7-8-14-24(23)29-26/h7-9,11-14,19,22,25,27H,3-6,10,15-18H2,1-2H3,(H,28,29). The van der Waals surface area contributed by atoms with Crippen LogP contribution in [0.1, 0.15) is 68.4 Å². The van der Waals surface area contributed by atoms with Crippen molar-refractivity contribution in [1.29, 1.82) is 0 Å². The van der Waals surface area contributed by atoms with Crippen molar-refractivity contribution in [3.05, 3.63) is 65.5 Å². The molecule has 1 unspecified atom stereocenters. The number of hydrogen-bond donors (Lipinski definition) is 2. The van der Waals surface area contributed by atoms with Crippen LogP contribution in [-0.4, -0.2) is 41.0 Å². The minimum Gasteiger partial charge on any atom is -0.340 e. The average molecular weight is 405 g/mol. The van der Waals surface area contributed by atoms with Crippen molar-refractivity contribution in [2.45, 2.75) is 64.0 Å². The minimum atomic E-state index is 0.0985. The van der Waals surface area contributed by atoms with Gasteiger partial charge in [-0.1, -0.05) is 62.6 Å². The number of unbranched alkanes of at least 4 members (excludes halogenated alkanes) is 3. The molecule has 0 saturated carbocycles. The van der Waals surface area contributed by atoms with Crippen molar-refractivity contribution in [2.24, 2.45) is 0 Å². The predicted molar refractivity (Wildman–Crippen MR) is 126 cm³/mol. The fourth-order valence-electron chi connectivity index (χ4n) is 4.54. The van der Waals surface area contributed by atoms with E-state index in [0.29, 0.717) is 6.04 Å². The van der Waals surface area contributed by atoms with Gasteiger partial charge in [-0.15, -0.1) is 0 Å². The van der Waals surface area contributed by atoms with Gasteiger partial charge in [-0.2, -0.15) is 0 Å². The van der Waals surface area contributed by atoms with Crippen LogP contribution in [0.5, 0.6) is 0 Å². The van der Waals surface area contributed by atoms with Gasteiger partial charge in [-0.3, -0.25) is 0 Å². The first-order chi connectivity index (χ1) is 14.7. The van der Waals surface area contributed by atoms with Crippen molar-refractivity contribution < 1.29 is 0 Å². The molecule has 1 aliphatic heterocycles. The molecule has 2 aromatic carbocycles. The normalized spacial score (nSPS) is 16.9. The Morgan fingerprint density at radius 2 is 1.90 bits per heavy atom. The van der Waals surface area contributed by atoms with Crippen molar-refractivity contribution in [3.8, 4) is 0 Å². The molecule has 1 fully saturated rings. The number of likely N-dealkylation sites (tertiary alicyclic amines) is 1. The number of imidazole rings is 1. The lowest BCUT2D eigenvalue weighted by Crippen LogP contribution is -2.42. The number of para-hydroxylation sites is 2. The van der Waals surface area contributed by atoms with Crippen molar-refractivity contribution in [1.82, 2.24) is 20.2 Å². The van der Waals surface area contributed by atoms with Crippen molar-refractivity contribution in [3.63, 3.8) is 0 Å². The van der Waals surface area contributed by atoms with Crippen LogP contribution in [0.25, 0.3) is 11.0 Å². The van der Waals surface area contributed by atoms with Crippen LogP contribution in [0.4, 0.5) is 0 Å². The van der Waals surface area contributed by atoms with E-state index in [9.17, 15) is 0 Å². The molecule has 4 nitrogen and oxygen atoms in total. The quantitative estimate of drug-likeness (QED) is 0.466. The maximum absolute atomic E-state index is 4.96. The third kappa shape index (κ3) is 5.30. The third-order valence-corrected chi connectivity index (χ3v) is 6.41. The van der Waals surface area contributed by atoms with Crippen LogP contribution < -0.4 is 5.32 Å². The van der Waals surface area contributed by atoms with E-state index in [1.165, 1.54) is 49.7 Å². The molecule has 0 bridgehead atoms. The summed E-state index contributed by atoms with van der Waals surface area (Å²) in [6.45, 7) is 4.58. The maximum atomic E-state index is 4.96. The smallest absolute Gasteiger partial charge is 0.129 e. The summed E-state index contributed by atoms with van der Waals surface area (Å²) in [7, 11) is 2.22. The molecule has 4 heteroatoms. The van der Waals surface area contributed by atoms with Crippen LogP contribution >= 0.6 is 0 Å². The molecule has 2 heterocycles. The first-order valence-electron chi connectivity index (χ1n) is 11.7. The monoisotopic (exact) mass is 404 g/mol. The number of fused-ring (bicyclic) bond motifs is 1. The number of nitrogens with zero attached hydrogens (tertiary/aromatic N) is 2. The number of aryl methyl sites for hydroxylation is 1. The summed E-state index contributed by atoms with van der Waals surface area (Å²) >= 11 is 0. The Hall–Kier alpha value is -2.17. The molecule has 3 aromatic rings. The second kappa shape index (κ2) is 10.2. The van der Waals surface area contributed by atoms with Gasteiger partial charge in [0, 0.05) is 6.04 Å². The molecule has 4 rings (SSSR count). The van der Waals surface area contributed by atoms with Gasteiger partial charge in [0.15, 0.2) is 0 Å². The molecule has 1 atom stereocenters. The number of rotatable bonds is 9. The van der Waals surface area contributed by atoms with Crippen LogP contribution in [-0.2, 0) is 6.42 Å². The highest BCUT2D eigenvalue weighted by molar-refractivity contribution is 5.75. The summed E-state index contributed by atoms with van der Waals surface area (Å²) in [5, 5.41) is 3.95. The molecular formula is C26H36N4. The van der Waals surface area contributed by atoms with E-state index < -0.39 is 0 Å². The van der Waals surface area contributed by atoms with Crippen LogP contribution in [0.15, 0.2) is 48.5 Å². The van der Waals surface area contributed by atoms with Gasteiger partial charge in [-0.25, -0.2) is 4.98 Å². The van der Waals surface area contributed by atoms with E-state index in [2.05, 4.69) is 77.7 Å². The molecule has 1 saturated heterocycles. The summed E-state index contributed by atoms with van der Waals surface area (Å²) < 4.78 is 0. The summed E-state index contributed by atoms with van der Waals surface area (Å²) in [5.74, 6) is 1.03. The van der Waals surface area contributed by atoms with E-state index in [-0.39, 0.29) is 6.04 Å². The van der Waals surface area contributed by atoms with E-state index in [4.69, 9.17) is 4.98 Å². The number of aromatic nitrogens is 2. The molecule has 1 aromatic heterocycles. The van der Waals surface area contributed by atoms with Gasteiger partial charge in [0.1, 0.15) is 5.82 Å². The highest BCUT2D eigenvalue weighted by Crippen LogP contribution is 2.26. The maximum Gasteiger partial charge on any atom is 0.129 e. The highest BCUT2D eigenvalue weighted by atomic mass is 15.1. The van der Waals surface area contributed by atoms with Gasteiger partial charge in [0.25, 0.3) is 0 Å². The van der Waals surface area contributed by atoms with Gasteiger partial charge in [0.2, 0.25) is 0 Å². The first kappa shape index (κ1) is 21.1. The number of piperidine rings is 1. The van der Waals surface area contributed by atoms with Gasteiger partial charge < -0.3 is 15.2 Å². The topological polar surface area (TPSA) is 44.0 Å². The number of aromatic amines is 1. The summed E-state index contributed by atoms with van der Waals surface area (Å²) in [4.78, 5) is 11.0. The Labute approximate surface area is 181 Å². The average Bonchev–Trinajstić information content (AvgIpc) is 3.20. The van der Waals surface area contributed by atoms with Gasteiger partial charge in [-0.05, 0) is 69.1 Å². The minimum absolute atomic E-state index is 0.0985. The third-order valence-electron chi connectivity index (χ3n) is 6.41. The van der Waals surface area contributed by atoms with E-state index in [0.717, 1.165) is 36.4 Å². The Morgan fingerprint density at radius 3 is 2.70 bits per heavy atom. The fourth-order valence-corrected chi connectivity index (χ4v) is 4.54. The van der Waals surface area contributed by atoms with Crippen LogP contribution in [0.3, 0.4) is 0 Å². The zero-order valence-corrected chi connectivity index (χ0v) is 18.5. The Kier molecular flexibility index (Phi) is 7.19. The summed E-state index contributed by atoms with van der Waals surface area (Å²) in [6.07, 6.45) is 8.74. The first-order valence-corrected chi connectivity index (χ1v) is 11.7. The predicted octanol–water partition coefficient (Wildman–Crippen LogP) is 5.46. The lowest BCUT2D eigenvalue weighted by atomic mass is 9.97. The molecule has 1 aliphatic rings. The second-order valence-electron chi connectivity index (χ2n) is 8.87. The molecule has 160 valence electrons. The second-order valence-corrected chi connectivity index (χ2v) is 8.87. The zero-order chi connectivity index (χ0) is 20.8. The Balaban J connectivity index is 1.58. The Morgan fingerprint density at radius 1 is 1.07 bits per heavy atom. The number of benzene rings is 2. The van der Waals surface area contributed by atoms with Gasteiger partial charge >= 0.3 is 0 Å². The van der Waals surface area contributed by atoms with E-state index in [1.807, 2.05) is 0 Å². The molecule has 30 heavy (non-hydrogen) atoms. The SMILES string of the molecule is CCCCCCc1cccc(C(NC2CCN(C)CC2)c2nc3ccccc3[nH]2)c1. The van der Waals surface area contributed by atoms with Crippen molar-refractivity contribution >= 4 is 11.0 Å². The van der Waals surface area contributed by atoms with E-state index >= 15 is 0 Å². The Bertz CT molecular complexity index is 890. The summed E-state index contributed by atoms with van der Waals surface area (Å²) in [6, 6.07) is 18.1. The number of nitrogens with one attached hydrogen (secondary N) is 2. The highest BCUT2D eigenvalue weighted by Gasteiger charge is 2.24. The molecule has 0 aliphatic carbocycles. The van der Waals surface area contributed by atoms with E-state index in [1.54, 1.807) is 0 Å². The van der Waals surface area contributed by atoms with Crippen molar-refractivity contribution in [2.75, 3.05) is 20.1 Å².